The Morgan fingerprint density at radius 3 is 2.38 bits per heavy atom. The van der Waals surface area contributed by atoms with Crippen molar-refractivity contribution in [2.75, 3.05) is 11.5 Å². The summed E-state index contributed by atoms with van der Waals surface area (Å²) >= 11 is 1.73. The molecule has 0 unspecified atom stereocenters. The third kappa shape index (κ3) is 3.79. The number of amides is 1. The number of nitrogens with one attached hydrogen (secondary N) is 1. The fourth-order valence-corrected chi connectivity index (χ4v) is 3.70. The summed E-state index contributed by atoms with van der Waals surface area (Å²) in [5, 5.41) is 12.2. The topological polar surface area (TPSA) is 66.4 Å². The molecule has 0 aromatic heterocycles. The van der Waals surface area contributed by atoms with Crippen molar-refractivity contribution in [3.05, 3.63) is 35.4 Å². The van der Waals surface area contributed by atoms with E-state index >= 15 is 0 Å². The van der Waals surface area contributed by atoms with E-state index in [4.69, 9.17) is 0 Å². The van der Waals surface area contributed by atoms with Crippen molar-refractivity contribution in [1.82, 2.24) is 5.32 Å². The maximum absolute atomic E-state index is 12.3. The first-order valence-corrected chi connectivity index (χ1v) is 8.45. The Morgan fingerprint density at radius 2 is 1.86 bits per heavy atom. The number of thioether (sulfide) groups is 1. The predicted octanol–water partition coefficient (Wildman–Crippen LogP) is 2.72. The average Bonchev–Trinajstić information content (AvgIpc) is 2.49. The van der Waals surface area contributed by atoms with Crippen molar-refractivity contribution < 1.29 is 14.7 Å². The van der Waals surface area contributed by atoms with Gasteiger partial charge in [0.25, 0.3) is 5.91 Å². The second-order valence-corrected chi connectivity index (χ2v) is 6.63. The molecule has 1 fully saturated rings. The molecule has 1 saturated heterocycles. The zero-order chi connectivity index (χ0) is 15.3. The maximum Gasteiger partial charge on any atom is 0.329 e. The van der Waals surface area contributed by atoms with E-state index in [1.165, 1.54) is 5.56 Å². The zero-order valence-corrected chi connectivity index (χ0v) is 13.0. The molecule has 4 nitrogen and oxygen atoms in total. The van der Waals surface area contributed by atoms with Gasteiger partial charge in [0.2, 0.25) is 0 Å². The molecule has 0 aliphatic carbocycles. The number of benzene rings is 1. The molecule has 0 atom stereocenters. The van der Waals surface area contributed by atoms with Gasteiger partial charge < -0.3 is 10.4 Å². The van der Waals surface area contributed by atoms with Gasteiger partial charge in [-0.25, -0.2) is 4.79 Å². The minimum atomic E-state index is -1.11. The smallest absolute Gasteiger partial charge is 0.329 e. The van der Waals surface area contributed by atoms with E-state index in [-0.39, 0.29) is 5.91 Å². The molecule has 1 aromatic rings. The summed E-state index contributed by atoms with van der Waals surface area (Å²) in [6.07, 6.45) is 3.00. The minimum absolute atomic E-state index is 0.299. The molecule has 5 heteroatoms. The lowest BCUT2D eigenvalue weighted by Crippen LogP contribution is -2.56. The second kappa shape index (κ2) is 6.98. The van der Waals surface area contributed by atoms with Crippen LogP contribution in [0.15, 0.2) is 24.3 Å². The van der Waals surface area contributed by atoms with Gasteiger partial charge in [-0.3, -0.25) is 4.79 Å². The molecule has 2 rings (SSSR count). The highest BCUT2D eigenvalue weighted by Gasteiger charge is 2.41. The van der Waals surface area contributed by atoms with E-state index < -0.39 is 11.5 Å². The summed E-state index contributed by atoms with van der Waals surface area (Å²) in [7, 11) is 0. The second-order valence-electron chi connectivity index (χ2n) is 5.40. The van der Waals surface area contributed by atoms with Crippen molar-refractivity contribution >= 4 is 23.6 Å². The zero-order valence-electron chi connectivity index (χ0n) is 12.2. The fraction of sp³-hybridized carbons (Fsp3) is 0.500. The van der Waals surface area contributed by atoms with E-state index in [1.807, 2.05) is 12.1 Å². The predicted molar refractivity (Wildman–Crippen MR) is 84.8 cm³/mol. The van der Waals surface area contributed by atoms with Gasteiger partial charge >= 0.3 is 5.97 Å². The third-order valence-corrected chi connectivity index (χ3v) is 4.85. The molecule has 1 heterocycles. The van der Waals surface area contributed by atoms with Crippen LogP contribution >= 0.6 is 11.8 Å². The van der Waals surface area contributed by atoms with Crippen molar-refractivity contribution in [3.63, 3.8) is 0 Å². The van der Waals surface area contributed by atoms with Gasteiger partial charge in [0, 0.05) is 5.56 Å². The van der Waals surface area contributed by atoms with Crippen LogP contribution in [0.3, 0.4) is 0 Å². The highest BCUT2D eigenvalue weighted by atomic mass is 32.2. The number of hydrogen-bond donors (Lipinski definition) is 2. The first kappa shape index (κ1) is 15.9. The van der Waals surface area contributed by atoms with Crippen LogP contribution < -0.4 is 5.32 Å². The van der Waals surface area contributed by atoms with Crippen LogP contribution in [-0.2, 0) is 11.2 Å². The lowest BCUT2D eigenvalue weighted by atomic mass is 9.91. The fourth-order valence-electron chi connectivity index (χ4n) is 2.51. The maximum atomic E-state index is 12.3. The van der Waals surface area contributed by atoms with Crippen molar-refractivity contribution in [1.29, 1.82) is 0 Å². The van der Waals surface area contributed by atoms with Crippen LogP contribution in [0.4, 0.5) is 0 Å². The Bertz CT molecular complexity index is 507. The van der Waals surface area contributed by atoms with Gasteiger partial charge in [0.05, 0.1) is 0 Å². The monoisotopic (exact) mass is 307 g/mol. The molecule has 1 aliphatic rings. The summed E-state index contributed by atoms with van der Waals surface area (Å²) in [5.74, 6) is 0.301. The molecule has 2 N–H and O–H groups in total. The van der Waals surface area contributed by atoms with Gasteiger partial charge in [-0.2, -0.15) is 11.8 Å². The molecule has 114 valence electrons. The highest BCUT2D eigenvalue weighted by Crippen LogP contribution is 2.27. The molecule has 0 radical (unpaired) electrons. The Labute approximate surface area is 129 Å². The Kier molecular flexibility index (Phi) is 5.28. The molecule has 1 aliphatic heterocycles. The van der Waals surface area contributed by atoms with E-state index in [2.05, 4.69) is 12.2 Å². The molecule has 0 saturated carbocycles. The van der Waals surface area contributed by atoms with Crippen LogP contribution in [0.25, 0.3) is 0 Å². The molecular formula is C16H21NO3S. The number of carboxylic acid groups (broad SMARTS) is 1. The van der Waals surface area contributed by atoms with Crippen molar-refractivity contribution in [2.24, 2.45) is 0 Å². The van der Waals surface area contributed by atoms with Crippen molar-refractivity contribution in [3.8, 4) is 0 Å². The number of aryl methyl sites for hydroxylation is 1. The van der Waals surface area contributed by atoms with E-state index in [0.29, 0.717) is 18.4 Å². The first-order valence-electron chi connectivity index (χ1n) is 7.30. The van der Waals surface area contributed by atoms with Crippen LogP contribution in [0, 0.1) is 0 Å². The Hall–Kier alpha value is -1.49. The molecular weight excluding hydrogens is 286 g/mol. The molecule has 0 bridgehead atoms. The summed E-state index contributed by atoms with van der Waals surface area (Å²) < 4.78 is 0. The summed E-state index contributed by atoms with van der Waals surface area (Å²) in [5.41, 5.74) is 0.606. The number of aliphatic carboxylic acids is 1. The lowest BCUT2D eigenvalue weighted by Gasteiger charge is -2.33. The number of rotatable bonds is 5. The van der Waals surface area contributed by atoms with Gasteiger partial charge in [0.1, 0.15) is 5.54 Å². The standard InChI is InChI=1S/C16H21NO3S/c1-2-3-12-4-6-13(7-5-12)14(18)17-16(15(19)20)8-10-21-11-9-16/h4-7H,2-3,8-11H2,1H3,(H,17,18)(H,19,20). The third-order valence-electron chi connectivity index (χ3n) is 3.86. The largest absolute Gasteiger partial charge is 0.480 e. The highest BCUT2D eigenvalue weighted by molar-refractivity contribution is 7.99. The average molecular weight is 307 g/mol. The van der Waals surface area contributed by atoms with Crippen LogP contribution in [-0.4, -0.2) is 34.0 Å². The quantitative estimate of drug-likeness (QED) is 0.878. The van der Waals surface area contributed by atoms with Crippen molar-refractivity contribution in [2.45, 2.75) is 38.1 Å². The van der Waals surface area contributed by atoms with Crippen LogP contribution in [0.2, 0.25) is 0 Å². The lowest BCUT2D eigenvalue weighted by molar-refractivity contribution is -0.144. The van der Waals surface area contributed by atoms with Gasteiger partial charge in [-0.1, -0.05) is 25.5 Å². The minimum Gasteiger partial charge on any atom is -0.480 e. The van der Waals surface area contributed by atoms with E-state index in [1.54, 1.807) is 23.9 Å². The summed E-state index contributed by atoms with van der Waals surface area (Å²) in [6.45, 7) is 2.11. The number of carbonyl (C=O) groups is 2. The molecule has 0 spiro atoms. The van der Waals surface area contributed by atoms with Gasteiger partial charge in [-0.05, 0) is 48.5 Å². The number of carboxylic acids is 1. The molecule has 1 aromatic carbocycles. The normalized spacial score (nSPS) is 17.2. The summed E-state index contributed by atoms with van der Waals surface area (Å²) in [6, 6.07) is 7.41. The van der Waals surface area contributed by atoms with E-state index in [9.17, 15) is 14.7 Å². The molecule has 21 heavy (non-hydrogen) atoms. The molecule has 1 amide bonds. The number of hydrogen-bond acceptors (Lipinski definition) is 3. The van der Waals surface area contributed by atoms with Crippen LogP contribution in [0.1, 0.15) is 42.1 Å². The number of carbonyl (C=O) groups excluding carboxylic acids is 1. The Morgan fingerprint density at radius 1 is 1.24 bits per heavy atom. The summed E-state index contributed by atoms with van der Waals surface area (Å²) in [4.78, 5) is 23.9. The first-order chi connectivity index (χ1) is 10.1. The van der Waals surface area contributed by atoms with Gasteiger partial charge in [-0.15, -0.1) is 0 Å². The van der Waals surface area contributed by atoms with E-state index in [0.717, 1.165) is 24.3 Å². The SMILES string of the molecule is CCCc1ccc(C(=O)NC2(C(=O)O)CCSCC2)cc1. The Balaban J connectivity index is 2.10. The van der Waals surface area contributed by atoms with Gasteiger partial charge in [0.15, 0.2) is 0 Å². The van der Waals surface area contributed by atoms with Crippen LogP contribution in [0.5, 0.6) is 0 Å².